The maximum Gasteiger partial charge on any atom is 0.243 e. The van der Waals surface area contributed by atoms with Crippen LogP contribution in [0.2, 0.25) is 0 Å². The second-order valence-electron chi connectivity index (χ2n) is 5.76. The van der Waals surface area contributed by atoms with Crippen molar-refractivity contribution >= 4 is 44.2 Å². The molecule has 132 valence electrons. The number of hydrogen-bond donors (Lipinski definition) is 2. The van der Waals surface area contributed by atoms with Gasteiger partial charge in [0.05, 0.1) is 18.7 Å². The van der Waals surface area contributed by atoms with Crippen LogP contribution in [0, 0.1) is 5.82 Å². The highest BCUT2D eigenvalue weighted by Crippen LogP contribution is 2.20. The topological polar surface area (TPSA) is 58.2 Å². The van der Waals surface area contributed by atoms with E-state index < -0.39 is 11.7 Å². The van der Waals surface area contributed by atoms with Gasteiger partial charge >= 0.3 is 0 Å². The van der Waals surface area contributed by atoms with Crippen LogP contribution in [0.3, 0.4) is 0 Å². The van der Waals surface area contributed by atoms with Crippen LogP contribution in [-0.4, -0.2) is 18.4 Å². The second-order valence-corrected chi connectivity index (χ2v) is 6.68. The minimum atomic E-state index is -0.546. The summed E-state index contributed by atoms with van der Waals surface area (Å²) in [5.74, 6) is -1.31. The van der Waals surface area contributed by atoms with Crippen molar-refractivity contribution in [1.29, 1.82) is 0 Å². The highest BCUT2D eigenvalue weighted by Gasteiger charge is 2.11. The predicted molar refractivity (Wildman–Crippen MR) is 103 cm³/mol. The first-order valence-corrected chi connectivity index (χ1v) is 8.80. The molecule has 4 nitrogen and oxygen atoms in total. The van der Waals surface area contributed by atoms with Gasteiger partial charge in [-0.05, 0) is 34.5 Å². The van der Waals surface area contributed by atoms with Crippen LogP contribution in [-0.2, 0) is 16.0 Å². The van der Waals surface area contributed by atoms with Crippen molar-refractivity contribution in [2.75, 3.05) is 11.9 Å². The molecule has 0 aromatic heterocycles. The van der Waals surface area contributed by atoms with Gasteiger partial charge in [0, 0.05) is 4.47 Å². The van der Waals surface area contributed by atoms with E-state index in [1.807, 2.05) is 42.5 Å². The molecule has 0 saturated heterocycles. The fraction of sp³-hybridized carbons (Fsp3) is 0.100. The van der Waals surface area contributed by atoms with E-state index in [2.05, 4.69) is 26.6 Å². The minimum Gasteiger partial charge on any atom is -0.347 e. The zero-order chi connectivity index (χ0) is 18.5. The van der Waals surface area contributed by atoms with E-state index in [1.54, 1.807) is 6.07 Å². The van der Waals surface area contributed by atoms with Crippen LogP contribution in [0.25, 0.3) is 10.8 Å². The number of halogens is 2. The predicted octanol–water partition coefficient (Wildman–Crippen LogP) is 4.04. The van der Waals surface area contributed by atoms with Crippen LogP contribution in [0.5, 0.6) is 0 Å². The zero-order valence-corrected chi connectivity index (χ0v) is 15.3. The highest BCUT2D eigenvalue weighted by molar-refractivity contribution is 9.10. The Balaban J connectivity index is 1.57. The van der Waals surface area contributed by atoms with Gasteiger partial charge in [-0.2, -0.15) is 0 Å². The molecular formula is C20H16BrFN2O2. The Bertz CT molecular complexity index is 970. The lowest BCUT2D eigenvalue weighted by Gasteiger charge is -2.09. The third kappa shape index (κ3) is 4.46. The maximum atomic E-state index is 13.7. The summed E-state index contributed by atoms with van der Waals surface area (Å²) in [6.07, 6.45) is 0.168. The van der Waals surface area contributed by atoms with Crippen LogP contribution < -0.4 is 10.6 Å². The van der Waals surface area contributed by atoms with Gasteiger partial charge in [0.15, 0.2) is 0 Å². The van der Waals surface area contributed by atoms with E-state index in [0.29, 0.717) is 4.47 Å². The Kier molecular flexibility index (Phi) is 5.63. The Labute approximate surface area is 158 Å². The zero-order valence-electron chi connectivity index (χ0n) is 13.8. The average Bonchev–Trinajstić information content (AvgIpc) is 2.63. The summed E-state index contributed by atoms with van der Waals surface area (Å²) in [6.45, 7) is -0.223. The van der Waals surface area contributed by atoms with Crippen LogP contribution in [0.1, 0.15) is 5.56 Å². The fourth-order valence-corrected chi connectivity index (χ4v) is 2.98. The van der Waals surface area contributed by atoms with E-state index >= 15 is 0 Å². The Morgan fingerprint density at radius 2 is 1.73 bits per heavy atom. The number of fused-ring (bicyclic) bond motifs is 1. The number of nitrogens with one attached hydrogen (secondary N) is 2. The first-order valence-electron chi connectivity index (χ1n) is 8.01. The molecule has 3 aromatic carbocycles. The molecule has 0 aliphatic rings. The molecule has 0 fully saturated rings. The molecule has 0 radical (unpaired) electrons. The number of amides is 2. The fourth-order valence-electron chi connectivity index (χ4n) is 2.65. The quantitative estimate of drug-likeness (QED) is 0.661. The first-order chi connectivity index (χ1) is 12.5. The summed E-state index contributed by atoms with van der Waals surface area (Å²) in [7, 11) is 0. The van der Waals surface area contributed by atoms with Crippen molar-refractivity contribution < 1.29 is 14.0 Å². The van der Waals surface area contributed by atoms with E-state index in [0.717, 1.165) is 16.3 Å². The van der Waals surface area contributed by atoms with E-state index in [4.69, 9.17) is 0 Å². The molecule has 0 atom stereocenters. The van der Waals surface area contributed by atoms with Gasteiger partial charge in [-0.15, -0.1) is 0 Å². The largest absolute Gasteiger partial charge is 0.347 e. The summed E-state index contributed by atoms with van der Waals surface area (Å²) in [6, 6.07) is 17.9. The average molecular weight is 415 g/mol. The lowest BCUT2D eigenvalue weighted by atomic mass is 10.0. The summed E-state index contributed by atoms with van der Waals surface area (Å²) >= 11 is 3.15. The number of hydrogen-bond acceptors (Lipinski definition) is 2. The first kappa shape index (κ1) is 18.1. The Morgan fingerprint density at radius 1 is 0.962 bits per heavy atom. The van der Waals surface area contributed by atoms with Gasteiger partial charge in [0.25, 0.3) is 0 Å². The molecule has 0 aliphatic carbocycles. The van der Waals surface area contributed by atoms with Crippen LogP contribution >= 0.6 is 15.9 Å². The molecule has 2 amide bonds. The van der Waals surface area contributed by atoms with Crippen molar-refractivity contribution in [3.05, 3.63) is 76.5 Å². The number of rotatable bonds is 5. The monoisotopic (exact) mass is 414 g/mol. The molecule has 0 spiro atoms. The number of carbonyl (C=O) groups excluding carboxylic acids is 2. The molecule has 0 unspecified atom stereocenters. The molecule has 6 heteroatoms. The lowest BCUT2D eigenvalue weighted by molar-refractivity contribution is -0.123. The van der Waals surface area contributed by atoms with E-state index in [9.17, 15) is 14.0 Å². The molecule has 0 saturated carbocycles. The standard InChI is InChI=1S/C20H16BrFN2O2/c21-15-8-9-18(17(22)11-15)24-20(26)12-23-19(25)10-14-6-3-5-13-4-1-2-7-16(13)14/h1-9,11H,10,12H2,(H,23,25)(H,24,26). The van der Waals surface area contributed by atoms with Gasteiger partial charge in [0.2, 0.25) is 11.8 Å². The number of carbonyl (C=O) groups is 2. The molecular weight excluding hydrogens is 399 g/mol. The number of anilines is 1. The van der Waals surface area contributed by atoms with Crippen molar-refractivity contribution in [3.8, 4) is 0 Å². The van der Waals surface area contributed by atoms with Crippen LogP contribution in [0.15, 0.2) is 65.1 Å². The number of benzene rings is 3. The van der Waals surface area contributed by atoms with E-state index in [1.165, 1.54) is 12.1 Å². The smallest absolute Gasteiger partial charge is 0.243 e. The van der Waals surface area contributed by atoms with Gasteiger partial charge in [-0.25, -0.2) is 4.39 Å². The molecule has 2 N–H and O–H groups in total. The van der Waals surface area contributed by atoms with Crippen molar-refractivity contribution in [1.82, 2.24) is 5.32 Å². The summed E-state index contributed by atoms with van der Waals surface area (Å²) in [4.78, 5) is 24.1. The van der Waals surface area contributed by atoms with Gasteiger partial charge in [-0.1, -0.05) is 58.4 Å². The third-order valence-electron chi connectivity index (χ3n) is 3.88. The molecule has 0 bridgehead atoms. The summed E-state index contributed by atoms with van der Waals surface area (Å²) < 4.78 is 14.3. The maximum absolute atomic E-state index is 13.7. The summed E-state index contributed by atoms with van der Waals surface area (Å²) in [5, 5.41) is 7.06. The molecule has 3 rings (SSSR count). The Morgan fingerprint density at radius 3 is 2.54 bits per heavy atom. The second kappa shape index (κ2) is 8.10. The van der Waals surface area contributed by atoms with Crippen molar-refractivity contribution in [2.24, 2.45) is 0 Å². The SMILES string of the molecule is O=C(Cc1cccc2ccccc12)NCC(=O)Nc1ccc(Br)cc1F. The summed E-state index contributed by atoms with van der Waals surface area (Å²) in [5.41, 5.74) is 0.960. The molecule has 26 heavy (non-hydrogen) atoms. The highest BCUT2D eigenvalue weighted by atomic mass is 79.9. The lowest BCUT2D eigenvalue weighted by Crippen LogP contribution is -2.34. The van der Waals surface area contributed by atoms with Gasteiger partial charge < -0.3 is 10.6 Å². The Hall–Kier alpha value is -2.73. The third-order valence-corrected chi connectivity index (χ3v) is 4.38. The van der Waals surface area contributed by atoms with Crippen molar-refractivity contribution in [3.63, 3.8) is 0 Å². The molecule has 3 aromatic rings. The van der Waals surface area contributed by atoms with Gasteiger partial charge in [-0.3, -0.25) is 9.59 Å². The van der Waals surface area contributed by atoms with Gasteiger partial charge in [0.1, 0.15) is 5.82 Å². The molecule has 0 aliphatic heterocycles. The van der Waals surface area contributed by atoms with Crippen molar-refractivity contribution in [2.45, 2.75) is 6.42 Å². The van der Waals surface area contributed by atoms with Crippen LogP contribution in [0.4, 0.5) is 10.1 Å². The normalized spacial score (nSPS) is 10.5. The molecule has 0 heterocycles. The van der Waals surface area contributed by atoms with E-state index in [-0.39, 0.29) is 24.6 Å². The minimum absolute atomic E-state index is 0.0708.